The summed E-state index contributed by atoms with van der Waals surface area (Å²) in [6.45, 7) is 2.52. The van der Waals surface area contributed by atoms with Crippen LogP contribution in [0, 0.1) is 0 Å². The minimum Gasteiger partial charge on any atom is -0.333 e. The van der Waals surface area contributed by atoms with Gasteiger partial charge in [0.2, 0.25) is 5.56 Å². The number of unbranched alkanes of at least 4 members (excludes halogenated alkanes) is 1. The van der Waals surface area contributed by atoms with Crippen molar-refractivity contribution >= 4 is 15.7 Å². The van der Waals surface area contributed by atoms with Gasteiger partial charge in [-0.25, -0.2) is 8.42 Å². The highest BCUT2D eigenvalue weighted by molar-refractivity contribution is 7.91. The number of amides is 1. The van der Waals surface area contributed by atoms with Crippen molar-refractivity contribution in [3.63, 3.8) is 0 Å². The van der Waals surface area contributed by atoms with Crippen LogP contribution in [0.15, 0.2) is 23.0 Å². The second-order valence-electron chi connectivity index (χ2n) is 5.34. The van der Waals surface area contributed by atoms with Crippen LogP contribution in [0.1, 0.15) is 36.7 Å². The number of rotatable bonds is 5. The van der Waals surface area contributed by atoms with Crippen molar-refractivity contribution in [2.24, 2.45) is 0 Å². The Morgan fingerprint density at radius 2 is 2.19 bits per heavy atom. The molecule has 0 spiro atoms. The summed E-state index contributed by atoms with van der Waals surface area (Å²) in [5, 5.41) is 0. The van der Waals surface area contributed by atoms with Gasteiger partial charge in [0.05, 0.1) is 11.5 Å². The molecular formula is C14H20N2O4S. The molecular weight excluding hydrogens is 292 g/mol. The Labute approximate surface area is 124 Å². The van der Waals surface area contributed by atoms with Gasteiger partial charge in [-0.05, 0) is 18.9 Å². The fourth-order valence-corrected chi connectivity index (χ4v) is 4.26. The van der Waals surface area contributed by atoms with Gasteiger partial charge in [-0.2, -0.15) is 0 Å². The molecule has 1 saturated heterocycles. The molecule has 0 aromatic carbocycles. The zero-order chi connectivity index (χ0) is 15.5. The van der Waals surface area contributed by atoms with E-state index >= 15 is 0 Å². The zero-order valence-corrected chi connectivity index (χ0v) is 12.9. The first kappa shape index (κ1) is 15.8. The van der Waals surface area contributed by atoms with Crippen LogP contribution < -0.4 is 5.56 Å². The summed E-state index contributed by atoms with van der Waals surface area (Å²) >= 11 is 0. The van der Waals surface area contributed by atoms with E-state index in [1.807, 2.05) is 6.92 Å². The van der Waals surface area contributed by atoms with Crippen LogP contribution in [0.25, 0.3) is 0 Å². The van der Waals surface area contributed by atoms with E-state index in [9.17, 15) is 18.0 Å². The van der Waals surface area contributed by atoms with Crippen LogP contribution >= 0.6 is 0 Å². The molecule has 0 saturated carbocycles. The van der Waals surface area contributed by atoms with E-state index in [-0.39, 0.29) is 34.7 Å². The molecule has 2 rings (SSSR count). The highest BCUT2D eigenvalue weighted by Gasteiger charge is 2.34. The first-order chi connectivity index (χ1) is 9.93. The molecule has 0 bridgehead atoms. The lowest BCUT2D eigenvalue weighted by Gasteiger charge is -2.28. The molecule has 1 aromatic rings. The maximum atomic E-state index is 12.6. The number of pyridine rings is 1. The lowest BCUT2D eigenvalue weighted by Crippen LogP contribution is -2.42. The van der Waals surface area contributed by atoms with Gasteiger partial charge in [0.15, 0.2) is 9.84 Å². The summed E-state index contributed by atoms with van der Waals surface area (Å²) in [6, 6.07) is 4.12. The zero-order valence-electron chi connectivity index (χ0n) is 12.0. The molecule has 1 N–H and O–H groups in total. The number of H-pyrrole nitrogens is 1. The van der Waals surface area contributed by atoms with Gasteiger partial charge in [0.1, 0.15) is 5.69 Å². The number of aromatic nitrogens is 1. The third-order valence-corrected chi connectivity index (χ3v) is 5.41. The van der Waals surface area contributed by atoms with Crippen molar-refractivity contribution < 1.29 is 13.2 Å². The number of hydrogen-bond acceptors (Lipinski definition) is 4. The Bertz CT molecular complexity index is 666. The van der Waals surface area contributed by atoms with Gasteiger partial charge in [0.25, 0.3) is 5.91 Å². The lowest BCUT2D eigenvalue weighted by molar-refractivity contribution is 0.0688. The van der Waals surface area contributed by atoms with Crippen molar-refractivity contribution in [2.45, 2.75) is 32.2 Å². The topological polar surface area (TPSA) is 87.3 Å². The second kappa shape index (κ2) is 6.43. The Morgan fingerprint density at radius 3 is 2.76 bits per heavy atom. The third kappa shape index (κ3) is 3.93. The van der Waals surface area contributed by atoms with Gasteiger partial charge in [-0.3, -0.25) is 9.59 Å². The first-order valence-electron chi connectivity index (χ1n) is 7.13. The highest BCUT2D eigenvalue weighted by atomic mass is 32.2. The van der Waals surface area contributed by atoms with Crippen molar-refractivity contribution in [1.82, 2.24) is 9.88 Å². The fraction of sp³-hybridized carbons (Fsp3) is 0.571. The Morgan fingerprint density at radius 1 is 1.43 bits per heavy atom. The molecule has 21 heavy (non-hydrogen) atoms. The normalized spacial score (nSPS) is 20.3. The standard InChI is InChI=1S/C14H20N2O4S/c1-2-3-8-16(11-7-9-21(19,20)10-11)14(18)12-5-4-6-13(17)15-12/h4-6,11H,2-3,7-10H2,1H3,(H,15,17). The number of hydrogen-bond donors (Lipinski definition) is 1. The third-order valence-electron chi connectivity index (χ3n) is 3.66. The van der Waals surface area contributed by atoms with Gasteiger partial charge in [-0.15, -0.1) is 0 Å². The fourth-order valence-electron chi connectivity index (χ4n) is 2.53. The molecule has 1 atom stereocenters. The molecule has 1 aromatic heterocycles. The van der Waals surface area contributed by atoms with E-state index < -0.39 is 9.84 Å². The number of carbonyl (C=O) groups is 1. The monoisotopic (exact) mass is 312 g/mol. The van der Waals surface area contributed by atoms with Crippen LogP contribution in [-0.2, 0) is 9.84 Å². The minimum absolute atomic E-state index is 0.0134. The van der Waals surface area contributed by atoms with Crippen LogP contribution in [0.3, 0.4) is 0 Å². The van der Waals surface area contributed by atoms with Gasteiger partial charge >= 0.3 is 0 Å². The Balaban J connectivity index is 2.23. The summed E-state index contributed by atoms with van der Waals surface area (Å²) in [5.74, 6) is -0.165. The quantitative estimate of drug-likeness (QED) is 0.871. The summed E-state index contributed by atoms with van der Waals surface area (Å²) in [4.78, 5) is 28.0. The van der Waals surface area contributed by atoms with E-state index in [1.165, 1.54) is 12.1 Å². The van der Waals surface area contributed by atoms with Crippen molar-refractivity contribution in [3.8, 4) is 0 Å². The molecule has 1 unspecified atom stereocenters. The molecule has 2 heterocycles. The van der Waals surface area contributed by atoms with Gasteiger partial charge < -0.3 is 9.88 Å². The number of carbonyl (C=O) groups excluding carboxylic acids is 1. The van der Waals surface area contributed by atoms with Gasteiger partial charge in [-0.1, -0.05) is 19.4 Å². The van der Waals surface area contributed by atoms with Gasteiger partial charge in [0, 0.05) is 18.7 Å². The van der Waals surface area contributed by atoms with Crippen molar-refractivity contribution in [1.29, 1.82) is 0 Å². The lowest BCUT2D eigenvalue weighted by atomic mass is 10.1. The smallest absolute Gasteiger partial charge is 0.270 e. The molecule has 1 amide bonds. The van der Waals surface area contributed by atoms with E-state index in [4.69, 9.17) is 0 Å². The summed E-state index contributed by atoms with van der Waals surface area (Å²) in [7, 11) is -3.06. The van der Waals surface area contributed by atoms with Crippen molar-refractivity contribution in [2.75, 3.05) is 18.1 Å². The van der Waals surface area contributed by atoms with Crippen LogP contribution in [0.2, 0.25) is 0 Å². The summed E-state index contributed by atoms with van der Waals surface area (Å²) in [5.41, 5.74) is -0.127. The van der Waals surface area contributed by atoms with E-state index in [2.05, 4.69) is 4.98 Å². The van der Waals surface area contributed by atoms with E-state index in [1.54, 1.807) is 11.0 Å². The number of nitrogens with zero attached hydrogens (tertiary/aromatic N) is 1. The molecule has 0 radical (unpaired) electrons. The molecule has 1 aliphatic heterocycles. The largest absolute Gasteiger partial charge is 0.333 e. The summed E-state index contributed by atoms with van der Waals surface area (Å²) in [6.07, 6.45) is 2.18. The molecule has 1 aliphatic rings. The van der Waals surface area contributed by atoms with Crippen LogP contribution in [0.4, 0.5) is 0 Å². The molecule has 6 nitrogen and oxygen atoms in total. The maximum Gasteiger partial charge on any atom is 0.270 e. The average Bonchev–Trinajstić information content (AvgIpc) is 2.79. The Kier molecular flexibility index (Phi) is 4.82. The predicted molar refractivity (Wildman–Crippen MR) is 80.1 cm³/mol. The van der Waals surface area contributed by atoms with E-state index in [0.717, 1.165) is 12.8 Å². The summed E-state index contributed by atoms with van der Waals surface area (Å²) < 4.78 is 23.3. The molecule has 7 heteroatoms. The van der Waals surface area contributed by atoms with Crippen LogP contribution in [0.5, 0.6) is 0 Å². The van der Waals surface area contributed by atoms with Crippen LogP contribution in [-0.4, -0.2) is 48.3 Å². The number of nitrogens with one attached hydrogen (secondary N) is 1. The molecule has 0 aliphatic carbocycles. The SMILES string of the molecule is CCCCN(C(=O)c1cccc(=O)[nH]1)C1CCS(=O)(=O)C1. The first-order valence-corrected chi connectivity index (χ1v) is 8.96. The molecule has 116 valence electrons. The Hall–Kier alpha value is -1.63. The minimum atomic E-state index is -3.06. The average molecular weight is 312 g/mol. The van der Waals surface area contributed by atoms with E-state index in [0.29, 0.717) is 13.0 Å². The molecule has 1 fully saturated rings. The number of aromatic amines is 1. The second-order valence-corrected chi connectivity index (χ2v) is 7.57. The van der Waals surface area contributed by atoms with Crippen molar-refractivity contribution in [3.05, 3.63) is 34.2 Å². The predicted octanol–water partition coefficient (Wildman–Crippen LogP) is 0.804. The number of sulfone groups is 1. The highest BCUT2D eigenvalue weighted by Crippen LogP contribution is 2.20. The maximum absolute atomic E-state index is 12.6.